The van der Waals surface area contributed by atoms with E-state index < -0.39 is 5.60 Å². The highest BCUT2D eigenvalue weighted by atomic mass is 32.1. The Morgan fingerprint density at radius 3 is 3.00 bits per heavy atom. The van der Waals surface area contributed by atoms with Crippen LogP contribution in [-0.4, -0.2) is 10.7 Å². The zero-order valence-electron chi connectivity index (χ0n) is 10.1. The first-order chi connectivity index (χ1) is 8.19. The first-order valence-corrected chi connectivity index (χ1v) is 7.24. The molecule has 1 heterocycles. The average Bonchev–Trinajstić information content (AvgIpc) is 2.86. The van der Waals surface area contributed by atoms with E-state index in [4.69, 9.17) is 0 Å². The summed E-state index contributed by atoms with van der Waals surface area (Å²) in [4.78, 5) is 0. The predicted octanol–water partition coefficient (Wildman–Crippen LogP) is 3.99. The van der Waals surface area contributed by atoms with Gasteiger partial charge >= 0.3 is 0 Å². The Hall–Kier alpha value is -0.860. The molecule has 2 aromatic rings. The number of benzene rings is 1. The van der Waals surface area contributed by atoms with Crippen molar-refractivity contribution in [3.63, 3.8) is 0 Å². The van der Waals surface area contributed by atoms with Crippen molar-refractivity contribution in [1.82, 2.24) is 0 Å². The van der Waals surface area contributed by atoms with Gasteiger partial charge < -0.3 is 5.11 Å². The van der Waals surface area contributed by atoms with Crippen LogP contribution < -0.4 is 0 Å². The molecule has 17 heavy (non-hydrogen) atoms. The van der Waals surface area contributed by atoms with Crippen molar-refractivity contribution in [2.24, 2.45) is 5.92 Å². The summed E-state index contributed by atoms with van der Waals surface area (Å²) >= 11 is 1.79. The van der Waals surface area contributed by atoms with E-state index in [0.29, 0.717) is 5.92 Å². The van der Waals surface area contributed by atoms with Crippen molar-refractivity contribution >= 4 is 21.4 Å². The number of thiophene rings is 1. The summed E-state index contributed by atoms with van der Waals surface area (Å²) < 4.78 is 1.33. The van der Waals surface area contributed by atoms with Gasteiger partial charge in [-0.05, 0) is 41.2 Å². The third-order valence-corrected chi connectivity index (χ3v) is 5.23. The summed E-state index contributed by atoms with van der Waals surface area (Å²) in [6.45, 7) is 2.18. The minimum atomic E-state index is -0.468. The Labute approximate surface area is 106 Å². The molecule has 2 atom stereocenters. The number of hydrogen-bond acceptors (Lipinski definition) is 2. The molecule has 1 saturated carbocycles. The summed E-state index contributed by atoms with van der Waals surface area (Å²) in [5.74, 6) is 0.432. The van der Waals surface area contributed by atoms with Crippen molar-refractivity contribution in [2.75, 3.05) is 0 Å². The molecule has 1 N–H and O–H groups in total. The lowest BCUT2D eigenvalue weighted by molar-refractivity contribution is 0.00996. The Balaban J connectivity index is 1.95. The van der Waals surface area contributed by atoms with Crippen LogP contribution in [0.15, 0.2) is 29.6 Å². The molecule has 1 aromatic carbocycles. The quantitative estimate of drug-likeness (QED) is 0.849. The first kappa shape index (κ1) is 11.2. The van der Waals surface area contributed by atoms with Crippen molar-refractivity contribution in [3.8, 4) is 0 Å². The molecule has 0 amide bonds. The number of fused-ring (bicyclic) bond motifs is 1. The summed E-state index contributed by atoms with van der Waals surface area (Å²) in [6.07, 6.45) is 4.11. The fourth-order valence-corrected chi connectivity index (χ4v) is 3.95. The van der Waals surface area contributed by atoms with Gasteiger partial charge in [-0.25, -0.2) is 0 Å². The topological polar surface area (TPSA) is 20.2 Å². The van der Waals surface area contributed by atoms with Crippen molar-refractivity contribution in [2.45, 2.75) is 38.2 Å². The Morgan fingerprint density at radius 1 is 1.41 bits per heavy atom. The summed E-state index contributed by atoms with van der Waals surface area (Å²) in [5, 5.41) is 14.2. The van der Waals surface area contributed by atoms with Crippen LogP contribution in [0.3, 0.4) is 0 Å². The Kier molecular flexibility index (Phi) is 2.72. The van der Waals surface area contributed by atoms with Crippen LogP contribution in [0.5, 0.6) is 0 Å². The summed E-state index contributed by atoms with van der Waals surface area (Å²) in [6, 6.07) is 8.49. The number of hydrogen-bond donors (Lipinski definition) is 1. The third-order valence-electron chi connectivity index (χ3n) is 4.22. The normalized spacial score (nSPS) is 28.9. The van der Waals surface area contributed by atoms with E-state index in [-0.39, 0.29) is 0 Å². The van der Waals surface area contributed by atoms with Crippen LogP contribution in [0.25, 0.3) is 10.1 Å². The van der Waals surface area contributed by atoms with Gasteiger partial charge in [0.25, 0.3) is 0 Å². The molecule has 0 aliphatic heterocycles. The first-order valence-electron chi connectivity index (χ1n) is 6.36. The van der Waals surface area contributed by atoms with Gasteiger partial charge in [-0.3, -0.25) is 0 Å². The maximum atomic E-state index is 10.7. The number of aliphatic hydroxyl groups is 1. The van der Waals surface area contributed by atoms with Gasteiger partial charge in [0.05, 0.1) is 5.60 Å². The fourth-order valence-electron chi connectivity index (χ4n) is 2.99. The average molecular weight is 246 g/mol. The molecular weight excluding hydrogens is 228 g/mol. The van der Waals surface area contributed by atoms with Gasteiger partial charge in [0.2, 0.25) is 0 Å². The van der Waals surface area contributed by atoms with Gasteiger partial charge in [0, 0.05) is 11.1 Å². The van der Waals surface area contributed by atoms with Crippen LogP contribution >= 0.6 is 11.3 Å². The lowest BCUT2D eigenvalue weighted by Gasteiger charge is -2.27. The lowest BCUT2D eigenvalue weighted by Crippen LogP contribution is -2.33. The molecule has 3 rings (SSSR count). The molecule has 0 bridgehead atoms. The molecule has 0 spiro atoms. The second-order valence-electron chi connectivity index (χ2n) is 5.33. The van der Waals surface area contributed by atoms with Crippen LogP contribution in [0.1, 0.15) is 31.7 Å². The van der Waals surface area contributed by atoms with Gasteiger partial charge in [0.1, 0.15) is 0 Å². The zero-order valence-corrected chi connectivity index (χ0v) is 11.0. The second kappa shape index (κ2) is 4.11. The molecule has 90 valence electrons. The molecule has 1 aliphatic carbocycles. The van der Waals surface area contributed by atoms with Crippen LogP contribution in [-0.2, 0) is 6.42 Å². The SMILES string of the molecule is CC1CCCC1(O)Cc1csc2ccccc12. The minimum Gasteiger partial charge on any atom is -0.389 e. The zero-order chi connectivity index (χ0) is 11.9. The van der Waals surface area contributed by atoms with E-state index in [2.05, 4.69) is 36.6 Å². The maximum absolute atomic E-state index is 10.7. The Morgan fingerprint density at radius 2 is 2.24 bits per heavy atom. The van der Waals surface area contributed by atoms with E-state index in [1.807, 2.05) is 0 Å². The van der Waals surface area contributed by atoms with E-state index >= 15 is 0 Å². The molecular formula is C15H18OS. The monoisotopic (exact) mass is 246 g/mol. The maximum Gasteiger partial charge on any atom is 0.0713 e. The fraction of sp³-hybridized carbons (Fsp3) is 0.467. The van der Waals surface area contributed by atoms with Crippen LogP contribution in [0.2, 0.25) is 0 Å². The van der Waals surface area contributed by atoms with Gasteiger partial charge in [-0.2, -0.15) is 0 Å². The van der Waals surface area contributed by atoms with E-state index in [1.165, 1.54) is 28.5 Å². The summed E-state index contributed by atoms with van der Waals surface area (Å²) in [7, 11) is 0. The molecule has 0 radical (unpaired) electrons. The van der Waals surface area contributed by atoms with E-state index in [9.17, 15) is 5.11 Å². The van der Waals surface area contributed by atoms with Crippen LogP contribution in [0.4, 0.5) is 0 Å². The molecule has 1 aliphatic rings. The minimum absolute atomic E-state index is 0.432. The molecule has 1 nitrogen and oxygen atoms in total. The Bertz CT molecular complexity index is 530. The molecule has 2 unspecified atom stereocenters. The number of rotatable bonds is 2. The highest BCUT2D eigenvalue weighted by Gasteiger charge is 2.38. The summed E-state index contributed by atoms with van der Waals surface area (Å²) in [5.41, 5.74) is 0.853. The highest BCUT2D eigenvalue weighted by molar-refractivity contribution is 7.17. The second-order valence-corrected chi connectivity index (χ2v) is 6.24. The standard InChI is InChI=1S/C15H18OS/c1-11-5-4-8-15(11,16)9-12-10-17-14-7-3-2-6-13(12)14/h2-3,6-7,10-11,16H,4-5,8-9H2,1H3. The van der Waals surface area contributed by atoms with Crippen molar-refractivity contribution in [1.29, 1.82) is 0 Å². The van der Waals surface area contributed by atoms with Crippen LogP contribution in [0, 0.1) is 5.92 Å². The molecule has 1 fully saturated rings. The van der Waals surface area contributed by atoms with Gasteiger partial charge in [-0.15, -0.1) is 11.3 Å². The van der Waals surface area contributed by atoms with Crippen molar-refractivity contribution < 1.29 is 5.11 Å². The van der Waals surface area contributed by atoms with E-state index in [0.717, 1.165) is 12.8 Å². The predicted molar refractivity (Wildman–Crippen MR) is 73.5 cm³/mol. The lowest BCUT2D eigenvalue weighted by atomic mass is 9.86. The smallest absolute Gasteiger partial charge is 0.0713 e. The highest BCUT2D eigenvalue weighted by Crippen LogP contribution is 2.39. The largest absolute Gasteiger partial charge is 0.389 e. The molecule has 1 aromatic heterocycles. The van der Waals surface area contributed by atoms with E-state index in [1.54, 1.807) is 11.3 Å². The molecule has 0 saturated heterocycles. The van der Waals surface area contributed by atoms with Crippen molar-refractivity contribution in [3.05, 3.63) is 35.2 Å². The third kappa shape index (κ3) is 1.90. The molecule has 2 heteroatoms. The van der Waals surface area contributed by atoms with Gasteiger partial charge in [-0.1, -0.05) is 31.5 Å². The van der Waals surface area contributed by atoms with Gasteiger partial charge in [0.15, 0.2) is 0 Å².